The first kappa shape index (κ1) is 10.1. The van der Waals surface area contributed by atoms with Gasteiger partial charge in [0.1, 0.15) is 0 Å². The molecular formula is C11H14N2O2. The standard InChI is InChI=1S/C11H14N2O2/c14-11(15)10-9(4-3-5-12-10)8-13-6-1-2-7-13/h3-5H,1-2,6-8H2,(H,14,15). The average molecular weight is 206 g/mol. The molecule has 2 rings (SSSR count). The van der Waals surface area contributed by atoms with E-state index in [2.05, 4.69) is 9.88 Å². The molecule has 2 heterocycles. The second kappa shape index (κ2) is 4.40. The topological polar surface area (TPSA) is 53.4 Å². The third-order valence-corrected chi connectivity index (χ3v) is 2.69. The fourth-order valence-electron chi connectivity index (χ4n) is 1.94. The van der Waals surface area contributed by atoms with Crippen LogP contribution < -0.4 is 0 Å². The molecule has 0 radical (unpaired) electrons. The molecule has 1 fully saturated rings. The van der Waals surface area contributed by atoms with Crippen molar-refractivity contribution in [2.75, 3.05) is 13.1 Å². The number of carboxylic acids is 1. The number of pyridine rings is 1. The monoisotopic (exact) mass is 206 g/mol. The van der Waals surface area contributed by atoms with Gasteiger partial charge in [-0.25, -0.2) is 9.78 Å². The minimum Gasteiger partial charge on any atom is -0.477 e. The van der Waals surface area contributed by atoms with Gasteiger partial charge in [-0.3, -0.25) is 4.90 Å². The Morgan fingerprint density at radius 1 is 1.47 bits per heavy atom. The van der Waals surface area contributed by atoms with Crippen LogP contribution in [0.25, 0.3) is 0 Å². The maximum atomic E-state index is 10.9. The molecule has 0 unspecified atom stereocenters. The summed E-state index contributed by atoms with van der Waals surface area (Å²) in [6.07, 6.45) is 3.95. The number of carboxylic acid groups (broad SMARTS) is 1. The number of likely N-dealkylation sites (tertiary alicyclic amines) is 1. The van der Waals surface area contributed by atoms with Crippen LogP contribution in [0.2, 0.25) is 0 Å². The number of hydrogen-bond donors (Lipinski definition) is 1. The summed E-state index contributed by atoms with van der Waals surface area (Å²) in [6.45, 7) is 2.83. The van der Waals surface area contributed by atoms with Crippen molar-refractivity contribution in [2.45, 2.75) is 19.4 Å². The normalized spacial score (nSPS) is 16.8. The van der Waals surface area contributed by atoms with Gasteiger partial charge in [-0.1, -0.05) is 6.07 Å². The number of aromatic carboxylic acids is 1. The van der Waals surface area contributed by atoms with Gasteiger partial charge in [0.15, 0.2) is 5.69 Å². The van der Waals surface area contributed by atoms with E-state index in [4.69, 9.17) is 5.11 Å². The van der Waals surface area contributed by atoms with E-state index < -0.39 is 5.97 Å². The van der Waals surface area contributed by atoms with Crippen molar-refractivity contribution < 1.29 is 9.90 Å². The highest BCUT2D eigenvalue weighted by Crippen LogP contribution is 2.14. The molecule has 0 spiro atoms. The van der Waals surface area contributed by atoms with Crippen LogP contribution in [-0.2, 0) is 6.54 Å². The van der Waals surface area contributed by atoms with Crippen molar-refractivity contribution in [3.8, 4) is 0 Å². The van der Waals surface area contributed by atoms with Crippen LogP contribution in [-0.4, -0.2) is 34.0 Å². The summed E-state index contributed by atoms with van der Waals surface area (Å²) < 4.78 is 0. The number of hydrogen-bond acceptors (Lipinski definition) is 3. The Labute approximate surface area is 88.6 Å². The summed E-state index contributed by atoms with van der Waals surface area (Å²) in [7, 11) is 0. The summed E-state index contributed by atoms with van der Waals surface area (Å²) in [4.78, 5) is 17.1. The highest BCUT2D eigenvalue weighted by Gasteiger charge is 2.16. The average Bonchev–Trinajstić information content (AvgIpc) is 2.71. The third kappa shape index (κ3) is 2.33. The van der Waals surface area contributed by atoms with Gasteiger partial charge in [-0.2, -0.15) is 0 Å². The molecule has 0 saturated carbocycles. The molecule has 1 aliphatic rings. The maximum absolute atomic E-state index is 10.9. The van der Waals surface area contributed by atoms with Crippen LogP contribution in [0, 0.1) is 0 Å². The van der Waals surface area contributed by atoms with E-state index in [1.807, 2.05) is 6.07 Å². The van der Waals surface area contributed by atoms with Gasteiger partial charge in [-0.05, 0) is 37.6 Å². The van der Waals surface area contributed by atoms with Gasteiger partial charge in [-0.15, -0.1) is 0 Å². The van der Waals surface area contributed by atoms with Crippen LogP contribution in [0.4, 0.5) is 0 Å². The van der Waals surface area contributed by atoms with Crippen LogP contribution in [0.1, 0.15) is 28.9 Å². The molecule has 15 heavy (non-hydrogen) atoms. The van der Waals surface area contributed by atoms with Crippen molar-refractivity contribution in [3.05, 3.63) is 29.6 Å². The summed E-state index contributed by atoms with van der Waals surface area (Å²) in [6, 6.07) is 3.63. The van der Waals surface area contributed by atoms with Gasteiger partial charge in [0.25, 0.3) is 0 Å². The number of nitrogens with zero attached hydrogens (tertiary/aromatic N) is 2. The van der Waals surface area contributed by atoms with E-state index in [0.29, 0.717) is 6.54 Å². The molecule has 4 heteroatoms. The smallest absolute Gasteiger partial charge is 0.354 e. The lowest BCUT2D eigenvalue weighted by molar-refractivity contribution is 0.0688. The van der Waals surface area contributed by atoms with Crippen LogP contribution >= 0.6 is 0 Å². The second-order valence-electron chi connectivity index (χ2n) is 3.80. The van der Waals surface area contributed by atoms with Crippen LogP contribution in [0.15, 0.2) is 18.3 Å². The first-order valence-corrected chi connectivity index (χ1v) is 5.17. The fourth-order valence-corrected chi connectivity index (χ4v) is 1.94. The zero-order chi connectivity index (χ0) is 10.7. The molecule has 0 amide bonds. The minimum atomic E-state index is -0.940. The lowest BCUT2D eigenvalue weighted by Crippen LogP contribution is -2.20. The van der Waals surface area contributed by atoms with Crippen molar-refractivity contribution >= 4 is 5.97 Å². The Kier molecular flexibility index (Phi) is 2.97. The zero-order valence-corrected chi connectivity index (χ0v) is 8.52. The Hall–Kier alpha value is -1.42. The van der Waals surface area contributed by atoms with E-state index in [-0.39, 0.29) is 5.69 Å². The first-order valence-electron chi connectivity index (χ1n) is 5.17. The summed E-state index contributed by atoms with van der Waals surface area (Å²) in [5.41, 5.74) is 0.997. The van der Waals surface area contributed by atoms with Gasteiger partial charge in [0.2, 0.25) is 0 Å². The minimum absolute atomic E-state index is 0.185. The molecule has 4 nitrogen and oxygen atoms in total. The Bertz CT molecular complexity index is 359. The molecule has 0 aliphatic carbocycles. The Morgan fingerprint density at radius 2 is 2.20 bits per heavy atom. The molecule has 1 aromatic rings. The van der Waals surface area contributed by atoms with Gasteiger partial charge in [0.05, 0.1) is 0 Å². The molecular weight excluding hydrogens is 192 g/mol. The predicted molar refractivity (Wildman–Crippen MR) is 55.7 cm³/mol. The van der Waals surface area contributed by atoms with E-state index in [0.717, 1.165) is 18.7 Å². The zero-order valence-electron chi connectivity index (χ0n) is 8.52. The van der Waals surface area contributed by atoms with E-state index in [1.54, 1.807) is 6.07 Å². The van der Waals surface area contributed by atoms with Gasteiger partial charge in [0, 0.05) is 12.7 Å². The molecule has 1 aliphatic heterocycles. The Balaban J connectivity index is 2.15. The van der Waals surface area contributed by atoms with Gasteiger partial charge < -0.3 is 5.11 Å². The van der Waals surface area contributed by atoms with Crippen molar-refractivity contribution in [1.82, 2.24) is 9.88 Å². The molecule has 1 N–H and O–H groups in total. The molecule has 0 aromatic carbocycles. The molecule has 0 atom stereocenters. The maximum Gasteiger partial charge on any atom is 0.354 e. The van der Waals surface area contributed by atoms with Crippen molar-refractivity contribution in [3.63, 3.8) is 0 Å². The third-order valence-electron chi connectivity index (χ3n) is 2.69. The molecule has 0 bridgehead atoms. The highest BCUT2D eigenvalue weighted by atomic mass is 16.4. The summed E-state index contributed by atoms with van der Waals surface area (Å²) in [5.74, 6) is -0.940. The van der Waals surface area contributed by atoms with Crippen molar-refractivity contribution in [2.24, 2.45) is 0 Å². The van der Waals surface area contributed by atoms with E-state index in [1.165, 1.54) is 19.0 Å². The summed E-state index contributed by atoms with van der Waals surface area (Å²) in [5, 5.41) is 8.96. The molecule has 1 saturated heterocycles. The highest BCUT2D eigenvalue weighted by molar-refractivity contribution is 5.86. The Morgan fingerprint density at radius 3 is 2.87 bits per heavy atom. The van der Waals surface area contributed by atoms with E-state index >= 15 is 0 Å². The fraction of sp³-hybridized carbons (Fsp3) is 0.455. The second-order valence-corrected chi connectivity index (χ2v) is 3.80. The molecule has 1 aromatic heterocycles. The SMILES string of the molecule is O=C(O)c1ncccc1CN1CCCC1. The number of carbonyl (C=O) groups is 1. The summed E-state index contributed by atoms with van der Waals surface area (Å²) >= 11 is 0. The van der Waals surface area contributed by atoms with Gasteiger partial charge >= 0.3 is 5.97 Å². The largest absolute Gasteiger partial charge is 0.477 e. The lowest BCUT2D eigenvalue weighted by atomic mass is 10.2. The van der Waals surface area contributed by atoms with E-state index in [9.17, 15) is 4.79 Å². The number of rotatable bonds is 3. The predicted octanol–water partition coefficient (Wildman–Crippen LogP) is 1.38. The van der Waals surface area contributed by atoms with Crippen LogP contribution in [0.3, 0.4) is 0 Å². The lowest BCUT2D eigenvalue weighted by Gasteiger charge is -2.15. The molecule has 80 valence electrons. The van der Waals surface area contributed by atoms with Crippen molar-refractivity contribution in [1.29, 1.82) is 0 Å². The number of aromatic nitrogens is 1. The first-order chi connectivity index (χ1) is 7.27. The van der Waals surface area contributed by atoms with Crippen LogP contribution in [0.5, 0.6) is 0 Å². The quantitative estimate of drug-likeness (QED) is 0.811.